The van der Waals surface area contributed by atoms with Gasteiger partial charge in [-0.25, -0.2) is 0 Å². The van der Waals surface area contributed by atoms with Crippen molar-refractivity contribution in [2.45, 2.75) is 96.1 Å². The molecule has 0 spiro atoms. The molecular weight excluding hydrogens is 448 g/mol. The van der Waals surface area contributed by atoms with Crippen LogP contribution in [0.15, 0.2) is 48.5 Å². The summed E-state index contributed by atoms with van der Waals surface area (Å²) < 4.78 is 0. The van der Waals surface area contributed by atoms with E-state index in [4.69, 9.17) is 5.73 Å². The number of hydrogen-bond acceptors (Lipinski definition) is 3. The van der Waals surface area contributed by atoms with E-state index in [1.807, 2.05) is 24.3 Å². The Bertz CT molecular complexity index is 1070. The molecule has 5 nitrogen and oxygen atoms in total. The van der Waals surface area contributed by atoms with Crippen LogP contribution in [0.1, 0.15) is 88.8 Å². The molecule has 2 aromatic rings. The second kappa shape index (κ2) is 10.8. The molecule has 36 heavy (non-hydrogen) atoms. The van der Waals surface area contributed by atoms with Gasteiger partial charge in [-0.05, 0) is 59.8 Å². The molecule has 5 heteroatoms. The van der Waals surface area contributed by atoms with Crippen LogP contribution in [0.5, 0.6) is 0 Å². The van der Waals surface area contributed by atoms with Crippen LogP contribution >= 0.6 is 0 Å². The third-order valence-corrected chi connectivity index (χ3v) is 8.40. The van der Waals surface area contributed by atoms with E-state index in [9.17, 15) is 14.7 Å². The molecule has 0 aromatic heterocycles. The zero-order chi connectivity index (χ0) is 25.9. The molecule has 1 amide bonds. The number of carboxylic acid groups (broad SMARTS) is 1. The van der Waals surface area contributed by atoms with Crippen molar-refractivity contribution in [3.05, 3.63) is 65.2 Å². The first-order valence-electron chi connectivity index (χ1n) is 13.6. The maximum Gasteiger partial charge on any atom is 0.308 e. The van der Waals surface area contributed by atoms with E-state index in [0.717, 1.165) is 36.1 Å². The Morgan fingerprint density at radius 2 is 1.75 bits per heavy atom. The number of anilines is 1. The molecule has 1 fully saturated rings. The number of hydrogen-bond donors (Lipinski definition) is 2. The Labute approximate surface area is 216 Å². The van der Waals surface area contributed by atoms with E-state index < -0.39 is 17.4 Å². The molecule has 2 aromatic carbocycles. The molecule has 1 aliphatic carbocycles. The normalized spacial score (nSPS) is 22.1. The van der Waals surface area contributed by atoms with Crippen LogP contribution < -0.4 is 10.6 Å². The number of aryl methyl sites for hydroxylation is 1. The third-order valence-electron chi connectivity index (χ3n) is 8.40. The first-order chi connectivity index (χ1) is 17.1. The van der Waals surface area contributed by atoms with Gasteiger partial charge in [0.1, 0.15) is 5.54 Å². The average molecular weight is 491 g/mol. The van der Waals surface area contributed by atoms with Crippen molar-refractivity contribution >= 4 is 17.6 Å². The number of carboxylic acids is 1. The van der Waals surface area contributed by atoms with E-state index in [0.29, 0.717) is 31.7 Å². The average Bonchev–Trinajstić information content (AvgIpc) is 2.95. The molecule has 3 N–H and O–H groups in total. The molecule has 0 radical (unpaired) electrons. The fourth-order valence-corrected chi connectivity index (χ4v) is 6.05. The molecule has 4 rings (SSSR count). The Morgan fingerprint density at radius 1 is 1.08 bits per heavy atom. The molecule has 194 valence electrons. The summed E-state index contributed by atoms with van der Waals surface area (Å²) in [5.41, 5.74) is 9.62. The van der Waals surface area contributed by atoms with Crippen molar-refractivity contribution in [1.82, 2.24) is 0 Å². The number of amides is 1. The van der Waals surface area contributed by atoms with Gasteiger partial charge in [-0.2, -0.15) is 0 Å². The maximum atomic E-state index is 14.2. The minimum absolute atomic E-state index is 0.0447. The molecule has 1 unspecified atom stereocenters. The van der Waals surface area contributed by atoms with Gasteiger partial charge in [-0.15, -0.1) is 0 Å². The van der Waals surface area contributed by atoms with Crippen molar-refractivity contribution in [2.24, 2.45) is 17.6 Å². The summed E-state index contributed by atoms with van der Waals surface area (Å²) >= 11 is 0. The van der Waals surface area contributed by atoms with E-state index in [1.165, 1.54) is 24.8 Å². The van der Waals surface area contributed by atoms with Crippen LogP contribution in [-0.4, -0.2) is 22.5 Å². The van der Waals surface area contributed by atoms with Crippen LogP contribution in [0.25, 0.3) is 0 Å². The molecule has 1 saturated carbocycles. The zero-order valence-electron chi connectivity index (χ0n) is 22.1. The monoisotopic (exact) mass is 490 g/mol. The van der Waals surface area contributed by atoms with Crippen molar-refractivity contribution in [1.29, 1.82) is 0 Å². The number of para-hydroxylation sites is 1. The van der Waals surface area contributed by atoms with Crippen molar-refractivity contribution in [3.63, 3.8) is 0 Å². The first kappa shape index (κ1) is 26.4. The number of nitrogens with zero attached hydrogens (tertiary/aromatic N) is 1. The highest BCUT2D eigenvalue weighted by Crippen LogP contribution is 2.38. The van der Waals surface area contributed by atoms with Gasteiger partial charge in [0, 0.05) is 5.69 Å². The Balaban J connectivity index is 1.63. The molecule has 0 bridgehead atoms. The fraction of sp³-hybridized carbons (Fsp3) is 0.548. The van der Waals surface area contributed by atoms with Gasteiger partial charge in [0.25, 0.3) is 0 Å². The molecule has 2 atom stereocenters. The van der Waals surface area contributed by atoms with E-state index in [2.05, 4.69) is 45.0 Å². The van der Waals surface area contributed by atoms with E-state index in [1.54, 1.807) is 4.90 Å². The van der Waals surface area contributed by atoms with Gasteiger partial charge in [-0.1, -0.05) is 95.3 Å². The summed E-state index contributed by atoms with van der Waals surface area (Å²) in [6, 6.07) is 16.3. The SMILES string of the molecule is CC(C)(C)c1ccc(CN2C(=O)C(N)([C@H](CCC3CCCCC3)C(=O)O)CCc3ccccc32)cc1. The van der Waals surface area contributed by atoms with Crippen LogP contribution in [0.4, 0.5) is 5.69 Å². The minimum Gasteiger partial charge on any atom is -0.481 e. The second-order valence-corrected chi connectivity index (χ2v) is 12.0. The number of aliphatic carboxylic acids is 1. The molecule has 1 aliphatic heterocycles. The first-order valence-corrected chi connectivity index (χ1v) is 13.6. The fourth-order valence-electron chi connectivity index (χ4n) is 6.05. The van der Waals surface area contributed by atoms with Gasteiger partial charge < -0.3 is 15.7 Å². The second-order valence-electron chi connectivity index (χ2n) is 12.0. The Hall–Kier alpha value is -2.66. The Morgan fingerprint density at radius 3 is 2.39 bits per heavy atom. The number of nitrogens with two attached hydrogens (primary N) is 1. The van der Waals surface area contributed by atoms with Crippen molar-refractivity contribution in [2.75, 3.05) is 4.90 Å². The number of carbonyl (C=O) groups excluding carboxylic acids is 1. The van der Waals surface area contributed by atoms with Crippen LogP contribution in [0.3, 0.4) is 0 Å². The van der Waals surface area contributed by atoms with E-state index >= 15 is 0 Å². The summed E-state index contributed by atoms with van der Waals surface area (Å²) in [6.45, 7) is 6.91. The summed E-state index contributed by atoms with van der Waals surface area (Å²) in [5, 5.41) is 10.3. The van der Waals surface area contributed by atoms with Crippen LogP contribution in [0.2, 0.25) is 0 Å². The number of fused-ring (bicyclic) bond motifs is 1. The third kappa shape index (κ3) is 5.67. The molecule has 2 aliphatic rings. The topological polar surface area (TPSA) is 83.6 Å². The summed E-state index contributed by atoms with van der Waals surface area (Å²) in [6.07, 6.45) is 8.20. The maximum absolute atomic E-state index is 14.2. The van der Waals surface area contributed by atoms with Crippen LogP contribution in [0, 0.1) is 11.8 Å². The van der Waals surface area contributed by atoms with Crippen LogP contribution in [-0.2, 0) is 28.0 Å². The lowest BCUT2D eigenvalue weighted by atomic mass is 9.75. The molecular formula is C31H42N2O3. The van der Waals surface area contributed by atoms with Crippen molar-refractivity contribution < 1.29 is 14.7 Å². The smallest absolute Gasteiger partial charge is 0.308 e. The standard InChI is InChI=1S/C31H42N2O3/c1-30(2,3)25-16-13-23(14-17-25)21-33-27-12-8-7-11-24(27)19-20-31(32,29(33)36)26(28(34)35)18-15-22-9-5-4-6-10-22/h7-8,11-14,16-17,22,26H,4-6,9-10,15,18-21,32H2,1-3H3,(H,34,35)/t26-,31?/m1/s1. The highest BCUT2D eigenvalue weighted by molar-refractivity contribution is 6.03. The van der Waals surface area contributed by atoms with Crippen molar-refractivity contribution in [3.8, 4) is 0 Å². The number of rotatable bonds is 7. The minimum atomic E-state index is -1.44. The van der Waals surface area contributed by atoms with Gasteiger partial charge in [0.15, 0.2) is 0 Å². The number of carbonyl (C=O) groups is 2. The van der Waals surface area contributed by atoms with Gasteiger partial charge >= 0.3 is 5.97 Å². The number of benzene rings is 2. The summed E-state index contributed by atoms with van der Waals surface area (Å²) in [4.78, 5) is 28.5. The largest absolute Gasteiger partial charge is 0.481 e. The summed E-state index contributed by atoms with van der Waals surface area (Å²) in [7, 11) is 0. The Kier molecular flexibility index (Phi) is 7.89. The molecule has 0 saturated heterocycles. The summed E-state index contributed by atoms with van der Waals surface area (Å²) in [5.74, 6) is -1.59. The molecule has 1 heterocycles. The highest BCUT2D eigenvalue weighted by Gasteiger charge is 2.49. The van der Waals surface area contributed by atoms with Gasteiger partial charge in [0.05, 0.1) is 12.5 Å². The predicted octanol–water partition coefficient (Wildman–Crippen LogP) is 6.22. The lowest BCUT2D eigenvalue weighted by Crippen LogP contribution is -2.61. The zero-order valence-corrected chi connectivity index (χ0v) is 22.1. The van der Waals surface area contributed by atoms with Gasteiger partial charge in [-0.3, -0.25) is 9.59 Å². The lowest BCUT2D eigenvalue weighted by molar-refractivity contribution is -0.148. The van der Waals surface area contributed by atoms with E-state index in [-0.39, 0.29) is 11.3 Å². The lowest BCUT2D eigenvalue weighted by Gasteiger charge is -2.37. The quantitative estimate of drug-likeness (QED) is 0.482. The predicted molar refractivity (Wildman–Crippen MR) is 145 cm³/mol. The van der Waals surface area contributed by atoms with Gasteiger partial charge in [0.2, 0.25) is 5.91 Å². The highest BCUT2D eigenvalue weighted by atomic mass is 16.4.